The molecule has 2 aromatic rings. The molecule has 2 aliphatic rings. The molecule has 0 unspecified atom stereocenters. The number of likely N-dealkylation sites (N-methyl/N-ethyl adjacent to an activating group) is 1. The molecular weight excluding hydrogens is 522 g/mol. The number of rotatable bonds is 11. The quantitative estimate of drug-likeness (QED) is 0.271. The zero-order chi connectivity index (χ0) is 29.2. The van der Waals surface area contributed by atoms with Gasteiger partial charge in [0.1, 0.15) is 0 Å². The molecule has 220 valence electrons. The number of aliphatic imine (C=N–C) groups is 1. The number of nitrogens with zero attached hydrogens (tertiary/aromatic N) is 7. The molecule has 1 saturated heterocycles. The van der Waals surface area contributed by atoms with E-state index in [2.05, 4.69) is 55.2 Å². The van der Waals surface area contributed by atoms with Crippen LogP contribution in [0.4, 0.5) is 11.6 Å². The lowest BCUT2D eigenvalue weighted by molar-refractivity contribution is -0.132. The van der Waals surface area contributed by atoms with Crippen LogP contribution in [0.5, 0.6) is 0 Å². The molecule has 1 fully saturated rings. The Kier molecular flexibility index (Phi) is 10.8. The first-order valence-corrected chi connectivity index (χ1v) is 14.0. The van der Waals surface area contributed by atoms with E-state index in [9.17, 15) is 4.79 Å². The average Bonchev–Trinajstić information content (AvgIpc) is 3.48. The van der Waals surface area contributed by atoms with Crippen molar-refractivity contribution in [2.45, 2.75) is 19.3 Å². The van der Waals surface area contributed by atoms with Crippen molar-refractivity contribution in [3.05, 3.63) is 59.6 Å². The van der Waals surface area contributed by atoms with Crippen LogP contribution in [0.15, 0.2) is 53.4 Å². The normalized spacial score (nSPS) is 16.2. The number of amides is 1. The predicted octanol–water partition coefficient (Wildman–Crippen LogP) is 1.22. The van der Waals surface area contributed by atoms with E-state index in [-0.39, 0.29) is 24.4 Å². The standard InChI is InChI=1S/C29H41N9O3/c1-35(16-18-41-2)29(31)34-27(24-19-32-28(30)33-20-24)23-9-10-38(21-23)25-6-3-22(4-7-25)5-8-26(40)37-13-11-36(12-14-37)15-17-39/h3-4,6-7,19-21,31,39H,5,8-18H2,1-2H3,(H2,30,32,33). The summed E-state index contributed by atoms with van der Waals surface area (Å²) in [6, 6.07) is 8.32. The van der Waals surface area contributed by atoms with Crippen LogP contribution in [-0.4, -0.2) is 121 Å². The molecule has 1 aromatic carbocycles. The minimum absolute atomic E-state index is 0.124. The third-order valence-corrected chi connectivity index (χ3v) is 7.43. The highest BCUT2D eigenvalue weighted by Gasteiger charge is 2.22. The van der Waals surface area contributed by atoms with E-state index in [1.165, 1.54) is 0 Å². The lowest BCUT2D eigenvalue weighted by atomic mass is 10.0. The van der Waals surface area contributed by atoms with E-state index in [1.807, 2.05) is 11.9 Å². The molecule has 3 heterocycles. The van der Waals surface area contributed by atoms with E-state index in [0.29, 0.717) is 43.8 Å². The van der Waals surface area contributed by atoms with Gasteiger partial charge in [0, 0.05) is 96.2 Å². The zero-order valence-electron chi connectivity index (χ0n) is 24.0. The van der Waals surface area contributed by atoms with Gasteiger partial charge < -0.3 is 30.3 Å². The molecule has 4 rings (SSSR count). The predicted molar refractivity (Wildman–Crippen MR) is 160 cm³/mol. The number of aliphatic hydroxyl groups excluding tert-OH is 1. The number of nitrogens with two attached hydrogens (primary N) is 1. The number of anilines is 2. The second-order valence-electron chi connectivity index (χ2n) is 10.2. The highest BCUT2D eigenvalue weighted by atomic mass is 16.5. The number of nitrogen functional groups attached to an aromatic ring is 1. The van der Waals surface area contributed by atoms with Crippen LogP contribution < -0.4 is 10.6 Å². The summed E-state index contributed by atoms with van der Waals surface area (Å²) in [5.41, 5.74) is 10.2. The number of guanidine groups is 1. The van der Waals surface area contributed by atoms with Crippen molar-refractivity contribution in [3.8, 4) is 0 Å². The maximum Gasteiger partial charge on any atom is 0.222 e. The second kappa shape index (κ2) is 14.7. The first-order valence-electron chi connectivity index (χ1n) is 14.0. The largest absolute Gasteiger partial charge is 0.395 e. The van der Waals surface area contributed by atoms with Gasteiger partial charge >= 0.3 is 0 Å². The summed E-state index contributed by atoms with van der Waals surface area (Å²) < 4.78 is 5.14. The molecule has 0 atom stereocenters. The molecule has 1 amide bonds. The maximum absolute atomic E-state index is 12.7. The Hall–Kier alpha value is -3.87. The highest BCUT2D eigenvalue weighted by Crippen LogP contribution is 2.26. The fourth-order valence-corrected chi connectivity index (χ4v) is 4.87. The van der Waals surface area contributed by atoms with Gasteiger partial charge in [0.25, 0.3) is 0 Å². The molecule has 41 heavy (non-hydrogen) atoms. The minimum Gasteiger partial charge on any atom is -0.395 e. The number of carbonyl (C=O) groups excluding carboxylic acids is 1. The van der Waals surface area contributed by atoms with Crippen molar-refractivity contribution >= 4 is 29.2 Å². The molecule has 0 bridgehead atoms. The molecule has 12 nitrogen and oxygen atoms in total. The minimum atomic E-state index is 0.124. The van der Waals surface area contributed by atoms with E-state index >= 15 is 0 Å². The van der Waals surface area contributed by atoms with E-state index in [0.717, 1.165) is 56.0 Å². The fraction of sp³-hybridized carbons (Fsp3) is 0.483. The summed E-state index contributed by atoms with van der Waals surface area (Å²) in [6.45, 7) is 5.72. The first-order chi connectivity index (χ1) is 19.9. The molecule has 0 radical (unpaired) electrons. The van der Waals surface area contributed by atoms with Gasteiger partial charge in [-0.05, 0) is 36.1 Å². The molecule has 0 saturated carbocycles. The van der Waals surface area contributed by atoms with Crippen molar-refractivity contribution in [3.63, 3.8) is 0 Å². The van der Waals surface area contributed by atoms with Crippen LogP contribution in [-0.2, 0) is 16.0 Å². The van der Waals surface area contributed by atoms with Crippen molar-refractivity contribution in [1.82, 2.24) is 24.7 Å². The Balaban J connectivity index is 1.40. The van der Waals surface area contributed by atoms with E-state index in [4.69, 9.17) is 21.0 Å². The van der Waals surface area contributed by atoms with Crippen molar-refractivity contribution in [2.24, 2.45) is 4.99 Å². The summed E-state index contributed by atoms with van der Waals surface area (Å²) in [4.78, 5) is 33.6. The second-order valence-corrected chi connectivity index (χ2v) is 10.2. The van der Waals surface area contributed by atoms with Gasteiger partial charge in [-0.1, -0.05) is 12.1 Å². The van der Waals surface area contributed by atoms with E-state index in [1.54, 1.807) is 24.4 Å². The number of hydrogen-bond donors (Lipinski definition) is 3. The Morgan fingerprint density at radius 1 is 1.15 bits per heavy atom. The number of piperazine rings is 1. The van der Waals surface area contributed by atoms with Gasteiger partial charge in [-0.3, -0.25) is 15.1 Å². The number of hydrogen-bond acceptors (Lipinski definition) is 9. The van der Waals surface area contributed by atoms with Gasteiger partial charge in [0.2, 0.25) is 17.8 Å². The summed E-state index contributed by atoms with van der Waals surface area (Å²) in [5, 5.41) is 17.6. The number of carbonyl (C=O) groups is 1. The Bertz CT molecular complexity index is 1220. The average molecular weight is 564 g/mol. The summed E-state index contributed by atoms with van der Waals surface area (Å²) in [5.74, 6) is 0.491. The van der Waals surface area contributed by atoms with Gasteiger partial charge in [-0.2, -0.15) is 0 Å². The van der Waals surface area contributed by atoms with Crippen molar-refractivity contribution < 1.29 is 14.6 Å². The van der Waals surface area contributed by atoms with Crippen LogP contribution in [0.1, 0.15) is 24.0 Å². The van der Waals surface area contributed by atoms with E-state index < -0.39 is 0 Å². The topological polar surface area (TPSA) is 148 Å². The number of benzene rings is 1. The number of aromatic nitrogens is 2. The van der Waals surface area contributed by atoms with Gasteiger partial charge in [-0.15, -0.1) is 0 Å². The summed E-state index contributed by atoms with van der Waals surface area (Å²) in [7, 11) is 3.44. The maximum atomic E-state index is 12.7. The number of β-amino-alcohol motifs (C(OH)–C–C–N with tert-alkyl or cyclic N) is 1. The lowest BCUT2D eigenvalue weighted by Crippen LogP contribution is -2.49. The Labute approximate surface area is 241 Å². The zero-order valence-corrected chi connectivity index (χ0v) is 24.0. The third-order valence-electron chi connectivity index (χ3n) is 7.43. The fourth-order valence-electron chi connectivity index (χ4n) is 4.87. The number of ether oxygens (including phenoxy) is 1. The van der Waals surface area contributed by atoms with Gasteiger partial charge in [0.05, 0.1) is 18.9 Å². The summed E-state index contributed by atoms with van der Waals surface area (Å²) in [6.07, 6.45) is 7.27. The summed E-state index contributed by atoms with van der Waals surface area (Å²) >= 11 is 0. The molecule has 4 N–H and O–H groups in total. The van der Waals surface area contributed by atoms with Gasteiger partial charge in [-0.25, -0.2) is 15.0 Å². The molecule has 0 spiro atoms. The smallest absolute Gasteiger partial charge is 0.222 e. The van der Waals surface area contributed by atoms with Crippen molar-refractivity contribution in [1.29, 1.82) is 5.41 Å². The van der Waals surface area contributed by atoms with Crippen molar-refractivity contribution in [2.75, 3.05) is 83.8 Å². The monoisotopic (exact) mass is 563 g/mol. The molecule has 2 aliphatic heterocycles. The lowest BCUT2D eigenvalue weighted by Gasteiger charge is -2.34. The van der Waals surface area contributed by atoms with Crippen LogP contribution in [0.3, 0.4) is 0 Å². The SMILES string of the molecule is COCCN(C)C(=N)N=C(C1=CN(c2ccc(CCC(=O)N3CCN(CCO)CC3)cc2)CC1)c1cnc(N)nc1. The Morgan fingerprint density at radius 2 is 1.85 bits per heavy atom. The number of aliphatic hydroxyl groups is 1. The van der Waals surface area contributed by atoms with Crippen LogP contribution >= 0.6 is 0 Å². The Morgan fingerprint density at radius 3 is 2.51 bits per heavy atom. The number of aryl methyl sites for hydroxylation is 1. The third kappa shape index (κ3) is 8.32. The van der Waals surface area contributed by atoms with Crippen LogP contribution in [0, 0.1) is 5.41 Å². The molecule has 1 aromatic heterocycles. The highest BCUT2D eigenvalue weighted by molar-refractivity contribution is 6.16. The number of methoxy groups -OCH3 is 1. The number of nitrogens with one attached hydrogen (secondary N) is 1. The molecule has 12 heteroatoms. The van der Waals surface area contributed by atoms with Crippen LogP contribution in [0.25, 0.3) is 0 Å². The van der Waals surface area contributed by atoms with Crippen LogP contribution in [0.2, 0.25) is 0 Å². The molecular formula is C29H41N9O3. The molecule has 0 aliphatic carbocycles. The van der Waals surface area contributed by atoms with Gasteiger partial charge in [0.15, 0.2) is 0 Å². The first kappa shape index (κ1) is 30.1.